The highest BCUT2D eigenvalue weighted by molar-refractivity contribution is 7.17. The minimum absolute atomic E-state index is 0.303. The van der Waals surface area contributed by atoms with Gasteiger partial charge in [0, 0.05) is 11.3 Å². The van der Waals surface area contributed by atoms with Crippen LogP contribution < -0.4 is 11.1 Å². The third-order valence-corrected chi connectivity index (χ3v) is 7.56. The van der Waals surface area contributed by atoms with E-state index in [9.17, 15) is 14.4 Å². The van der Waals surface area contributed by atoms with Crippen molar-refractivity contribution in [1.82, 2.24) is 0 Å². The zero-order valence-electron chi connectivity index (χ0n) is 15.4. The van der Waals surface area contributed by atoms with Crippen LogP contribution in [0.15, 0.2) is 0 Å². The maximum atomic E-state index is 12.2. The van der Waals surface area contributed by atoms with E-state index in [1.165, 1.54) is 30.6 Å². The number of anilines is 1. The highest BCUT2D eigenvalue weighted by Crippen LogP contribution is 2.49. The largest absolute Gasteiger partial charge is 0.456 e. The molecule has 1 aromatic heterocycles. The molecule has 4 rings (SSSR count). The number of hydrogen-bond acceptors (Lipinski definition) is 5. The van der Waals surface area contributed by atoms with Gasteiger partial charge in [0.25, 0.3) is 11.8 Å². The Bertz CT molecular complexity index is 772. The van der Waals surface area contributed by atoms with Crippen LogP contribution in [-0.2, 0) is 27.2 Å². The first-order chi connectivity index (χ1) is 13.0. The fourth-order valence-corrected chi connectivity index (χ4v) is 6.43. The van der Waals surface area contributed by atoms with Crippen LogP contribution in [0.2, 0.25) is 0 Å². The summed E-state index contributed by atoms with van der Waals surface area (Å²) in [6.07, 6.45) is 9.14. The molecule has 0 spiro atoms. The molecule has 0 radical (unpaired) electrons. The first kappa shape index (κ1) is 18.5. The quantitative estimate of drug-likeness (QED) is 0.729. The van der Waals surface area contributed by atoms with E-state index in [1.807, 2.05) is 0 Å². The molecule has 2 fully saturated rings. The van der Waals surface area contributed by atoms with Crippen LogP contribution >= 0.6 is 11.3 Å². The smallest absolute Gasteiger partial charge is 0.306 e. The van der Waals surface area contributed by atoms with Crippen LogP contribution in [0.4, 0.5) is 5.00 Å². The van der Waals surface area contributed by atoms with Gasteiger partial charge in [0.15, 0.2) is 6.61 Å². The molecule has 0 aromatic carbocycles. The Kier molecular flexibility index (Phi) is 5.21. The number of hydrogen-bond donors (Lipinski definition) is 2. The van der Waals surface area contributed by atoms with E-state index in [1.54, 1.807) is 0 Å². The summed E-state index contributed by atoms with van der Waals surface area (Å²) in [6, 6.07) is 0. The number of carbonyl (C=O) groups excluding carboxylic acids is 3. The number of rotatable bonds is 6. The third kappa shape index (κ3) is 3.88. The third-order valence-electron chi connectivity index (χ3n) is 6.35. The van der Waals surface area contributed by atoms with Gasteiger partial charge in [-0.05, 0) is 68.3 Å². The van der Waals surface area contributed by atoms with E-state index in [2.05, 4.69) is 5.32 Å². The van der Waals surface area contributed by atoms with Gasteiger partial charge in [-0.3, -0.25) is 14.4 Å². The predicted molar refractivity (Wildman–Crippen MR) is 103 cm³/mol. The molecule has 2 saturated carbocycles. The monoisotopic (exact) mass is 390 g/mol. The number of amides is 2. The molecule has 3 atom stereocenters. The Balaban J connectivity index is 1.31. The second-order valence-corrected chi connectivity index (χ2v) is 9.23. The van der Waals surface area contributed by atoms with E-state index in [0.717, 1.165) is 48.5 Å². The highest BCUT2D eigenvalue weighted by Gasteiger charge is 2.40. The maximum absolute atomic E-state index is 12.2. The van der Waals surface area contributed by atoms with E-state index >= 15 is 0 Å². The second kappa shape index (κ2) is 7.62. The van der Waals surface area contributed by atoms with E-state index < -0.39 is 11.8 Å². The summed E-state index contributed by atoms with van der Waals surface area (Å²) in [5.41, 5.74) is 6.93. The topological polar surface area (TPSA) is 98.5 Å². The molecule has 27 heavy (non-hydrogen) atoms. The van der Waals surface area contributed by atoms with Gasteiger partial charge < -0.3 is 15.8 Å². The van der Waals surface area contributed by atoms with Crippen molar-refractivity contribution in [3.05, 3.63) is 16.0 Å². The lowest BCUT2D eigenvalue weighted by Crippen LogP contribution is -2.24. The number of thiophene rings is 1. The number of carbonyl (C=O) groups is 3. The fourth-order valence-electron chi connectivity index (χ4n) is 5.12. The van der Waals surface area contributed by atoms with Gasteiger partial charge >= 0.3 is 5.97 Å². The highest BCUT2D eigenvalue weighted by atomic mass is 32.1. The summed E-state index contributed by atoms with van der Waals surface area (Å²) >= 11 is 1.41. The summed E-state index contributed by atoms with van der Waals surface area (Å²) in [6.45, 7) is -0.319. The van der Waals surface area contributed by atoms with Crippen LogP contribution in [0.25, 0.3) is 0 Å². The zero-order valence-corrected chi connectivity index (χ0v) is 16.2. The summed E-state index contributed by atoms with van der Waals surface area (Å²) in [5, 5.41) is 3.22. The lowest BCUT2D eigenvalue weighted by molar-refractivity contribution is -0.148. The molecule has 6 nitrogen and oxygen atoms in total. The minimum Gasteiger partial charge on any atom is -0.456 e. The van der Waals surface area contributed by atoms with Crippen LogP contribution in [0.5, 0.6) is 0 Å². The normalized spacial score (nSPS) is 25.9. The minimum atomic E-state index is -0.516. The summed E-state index contributed by atoms with van der Waals surface area (Å²) in [7, 11) is 0. The molecular formula is C20H26N2O4S. The number of aryl methyl sites for hydroxylation is 1. The van der Waals surface area contributed by atoms with E-state index in [-0.39, 0.29) is 12.6 Å². The average molecular weight is 391 g/mol. The molecule has 3 aliphatic rings. The number of ether oxygens (including phenoxy) is 1. The Hall–Kier alpha value is -1.89. The van der Waals surface area contributed by atoms with Gasteiger partial charge in [0.1, 0.15) is 5.00 Å². The van der Waals surface area contributed by atoms with Crippen LogP contribution in [0.3, 0.4) is 0 Å². The number of nitrogens with one attached hydrogen (secondary N) is 1. The van der Waals surface area contributed by atoms with Gasteiger partial charge in [-0.25, -0.2) is 0 Å². The Morgan fingerprint density at radius 3 is 2.67 bits per heavy atom. The van der Waals surface area contributed by atoms with Gasteiger partial charge in [-0.15, -0.1) is 11.3 Å². The molecule has 3 aliphatic carbocycles. The number of nitrogens with two attached hydrogens (primary N) is 1. The molecule has 0 saturated heterocycles. The maximum Gasteiger partial charge on any atom is 0.306 e. The van der Waals surface area contributed by atoms with Gasteiger partial charge in [-0.1, -0.05) is 6.42 Å². The SMILES string of the molecule is NC(=O)c1c(NC(=O)COC(=O)C[C@@H]2C[C@H]3CC[C@@H]2C3)sc2c1CCCC2. The van der Waals surface area contributed by atoms with Crippen molar-refractivity contribution in [2.45, 2.75) is 57.8 Å². The lowest BCUT2D eigenvalue weighted by atomic mass is 9.86. The van der Waals surface area contributed by atoms with Crippen molar-refractivity contribution in [1.29, 1.82) is 0 Å². The Labute approximate surface area is 162 Å². The van der Waals surface area contributed by atoms with Crippen molar-refractivity contribution < 1.29 is 19.1 Å². The number of esters is 1. The molecule has 1 aromatic rings. The summed E-state index contributed by atoms with van der Waals surface area (Å²) in [4.78, 5) is 37.3. The van der Waals surface area contributed by atoms with Crippen molar-refractivity contribution >= 4 is 34.1 Å². The number of primary amides is 1. The molecule has 7 heteroatoms. The van der Waals surface area contributed by atoms with Gasteiger partial charge in [0.2, 0.25) is 0 Å². The van der Waals surface area contributed by atoms with Crippen LogP contribution in [0, 0.1) is 17.8 Å². The lowest BCUT2D eigenvalue weighted by Gasteiger charge is -2.20. The van der Waals surface area contributed by atoms with Gasteiger partial charge in [-0.2, -0.15) is 0 Å². The first-order valence-electron chi connectivity index (χ1n) is 9.91. The van der Waals surface area contributed by atoms with Crippen molar-refractivity contribution in [3.8, 4) is 0 Å². The molecule has 2 bridgehead atoms. The zero-order chi connectivity index (χ0) is 19.0. The van der Waals surface area contributed by atoms with Gasteiger partial charge in [0.05, 0.1) is 5.56 Å². The van der Waals surface area contributed by atoms with Crippen LogP contribution in [-0.4, -0.2) is 24.4 Å². The average Bonchev–Trinajstić information content (AvgIpc) is 3.33. The summed E-state index contributed by atoms with van der Waals surface area (Å²) in [5.74, 6) is 0.628. The number of fused-ring (bicyclic) bond motifs is 3. The van der Waals surface area contributed by atoms with Crippen molar-refractivity contribution in [2.24, 2.45) is 23.5 Å². The molecule has 2 amide bonds. The predicted octanol–water partition coefficient (Wildman–Crippen LogP) is 3.03. The molecule has 3 N–H and O–H groups in total. The Morgan fingerprint density at radius 2 is 1.96 bits per heavy atom. The molecule has 146 valence electrons. The second-order valence-electron chi connectivity index (χ2n) is 8.13. The van der Waals surface area contributed by atoms with Crippen molar-refractivity contribution in [2.75, 3.05) is 11.9 Å². The van der Waals surface area contributed by atoms with Crippen LogP contribution in [0.1, 0.15) is 65.7 Å². The molecular weight excluding hydrogens is 364 g/mol. The summed E-state index contributed by atoms with van der Waals surface area (Å²) < 4.78 is 5.19. The molecule has 0 unspecified atom stereocenters. The molecule has 1 heterocycles. The van der Waals surface area contributed by atoms with E-state index in [0.29, 0.717) is 28.8 Å². The van der Waals surface area contributed by atoms with Crippen molar-refractivity contribution in [3.63, 3.8) is 0 Å². The fraction of sp³-hybridized carbons (Fsp3) is 0.650. The standard InChI is InChI=1S/C20H26N2O4S/c21-19(25)18-14-3-1-2-4-15(14)27-20(18)22-16(23)10-26-17(24)9-13-8-11-5-6-12(13)7-11/h11-13H,1-10H2,(H2,21,25)(H,22,23)/t11-,12+,13-/m0/s1. The van der Waals surface area contributed by atoms with E-state index in [4.69, 9.17) is 10.5 Å². The Morgan fingerprint density at radius 1 is 1.15 bits per heavy atom. The first-order valence-corrected chi connectivity index (χ1v) is 10.7. The molecule has 0 aliphatic heterocycles.